The number of amides is 3. The molecule has 4 rings (SSSR count). The van der Waals surface area contributed by atoms with Crippen molar-refractivity contribution in [3.63, 3.8) is 0 Å². The van der Waals surface area contributed by atoms with Crippen LogP contribution in [0.15, 0.2) is 36.4 Å². The predicted octanol–water partition coefficient (Wildman–Crippen LogP) is 3.13. The van der Waals surface area contributed by atoms with Crippen molar-refractivity contribution in [2.45, 2.75) is 25.4 Å². The highest BCUT2D eigenvalue weighted by Gasteiger charge is 2.47. The maximum atomic E-state index is 13.1. The second-order valence-electron chi connectivity index (χ2n) is 6.97. The van der Waals surface area contributed by atoms with Gasteiger partial charge in [-0.3, -0.25) is 9.69 Å². The number of hydrogen-bond acceptors (Lipinski definition) is 5. The zero-order valence-electron chi connectivity index (χ0n) is 15.5. The molecule has 2 aromatic rings. The normalized spacial score (nSPS) is 20.5. The molecule has 0 unspecified atom stereocenters. The molecule has 8 heteroatoms. The maximum Gasteiger partial charge on any atom is 0.325 e. The molecular formula is C20H19ClN2O5. The lowest BCUT2D eigenvalue weighted by Gasteiger charge is -2.22. The lowest BCUT2D eigenvalue weighted by atomic mass is 9.92. The number of urea groups is 1. The highest BCUT2D eigenvalue weighted by atomic mass is 35.5. The lowest BCUT2D eigenvalue weighted by Crippen LogP contribution is -2.45. The van der Waals surface area contributed by atoms with Gasteiger partial charge in [-0.1, -0.05) is 17.7 Å². The molecule has 3 amide bonds. The Bertz CT molecular complexity index is 964. The van der Waals surface area contributed by atoms with E-state index in [4.69, 9.17) is 25.8 Å². The topological polar surface area (TPSA) is 77.1 Å². The van der Waals surface area contributed by atoms with Crippen LogP contribution >= 0.6 is 11.6 Å². The summed E-state index contributed by atoms with van der Waals surface area (Å²) in [7, 11) is 1.53. The first-order chi connectivity index (χ1) is 13.4. The molecule has 7 nitrogen and oxygen atoms in total. The lowest BCUT2D eigenvalue weighted by molar-refractivity contribution is -0.131. The number of hydrogen-bond donors (Lipinski definition) is 1. The Morgan fingerprint density at radius 3 is 2.75 bits per heavy atom. The Morgan fingerprint density at radius 2 is 1.96 bits per heavy atom. The summed E-state index contributed by atoms with van der Waals surface area (Å²) in [6.07, 6.45) is 0.331. The van der Waals surface area contributed by atoms with Crippen LogP contribution in [-0.4, -0.2) is 36.3 Å². The van der Waals surface area contributed by atoms with Crippen LogP contribution in [0.1, 0.15) is 18.1 Å². The Morgan fingerprint density at radius 1 is 1.18 bits per heavy atom. The molecule has 2 aliphatic heterocycles. The molecule has 28 heavy (non-hydrogen) atoms. The molecule has 0 saturated carbocycles. The summed E-state index contributed by atoms with van der Waals surface area (Å²) < 4.78 is 16.0. The molecule has 146 valence electrons. The second kappa shape index (κ2) is 6.91. The second-order valence-corrected chi connectivity index (χ2v) is 7.41. The fourth-order valence-corrected chi connectivity index (χ4v) is 3.71. The van der Waals surface area contributed by atoms with Crippen molar-refractivity contribution >= 4 is 23.5 Å². The summed E-state index contributed by atoms with van der Waals surface area (Å²) in [5.74, 6) is 1.57. The highest BCUT2D eigenvalue weighted by Crippen LogP contribution is 2.34. The van der Waals surface area contributed by atoms with Gasteiger partial charge in [0.05, 0.1) is 13.7 Å². The van der Waals surface area contributed by atoms with Crippen LogP contribution in [0.3, 0.4) is 0 Å². The molecule has 0 aliphatic carbocycles. The molecule has 2 aliphatic rings. The smallest absolute Gasteiger partial charge is 0.325 e. The summed E-state index contributed by atoms with van der Waals surface area (Å²) in [4.78, 5) is 26.8. The number of halogens is 1. The van der Waals surface area contributed by atoms with E-state index in [1.54, 1.807) is 31.2 Å². The molecule has 0 spiro atoms. The number of nitrogens with zero attached hydrogens (tertiary/aromatic N) is 1. The van der Waals surface area contributed by atoms with Gasteiger partial charge in [-0.2, -0.15) is 0 Å². The Kier molecular flexibility index (Phi) is 4.55. The molecule has 2 aromatic carbocycles. The number of ether oxygens (including phenoxy) is 3. The fourth-order valence-electron chi connectivity index (χ4n) is 3.51. The standard InChI is InChI=1S/C20H19ClN2O5/c1-20(9-12-3-5-16-17(7-12)28-11-27-16)18(24)23(19(25)22-20)10-13-8-14(21)4-6-15(13)26-2/h3-8H,9-11H2,1-2H3,(H,22,25)/t20-/m0/s1. The molecule has 1 atom stereocenters. The Balaban J connectivity index is 1.55. The highest BCUT2D eigenvalue weighted by molar-refractivity contribution is 6.30. The van der Waals surface area contributed by atoms with Gasteiger partial charge >= 0.3 is 6.03 Å². The molecule has 0 aromatic heterocycles. The van der Waals surface area contributed by atoms with Crippen molar-refractivity contribution in [1.29, 1.82) is 0 Å². The van der Waals surface area contributed by atoms with E-state index in [1.807, 2.05) is 12.1 Å². The summed E-state index contributed by atoms with van der Waals surface area (Å²) in [5.41, 5.74) is 0.463. The molecule has 1 fully saturated rings. The van der Waals surface area contributed by atoms with E-state index >= 15 is 0 Å². The van der Waals surface area contributed by atoms with Gasteiger partial charge in [-0.25, -0.2) is 4.79 Å². The number of methoxy groups -OCH3 is 1. The molecule has 1 N–H and O–H groups in total. The van der Waals surface area contributed by atoms with E-state index in [1.165, 1.54) is 12.0 Å². The van der Waals surface area contributed by atoms with Crippen LogP contribution in [-0.2, 0) is 17.8 Å². The van der Waals surface area contributed by atoms with E-state index < -0.39 is 11.6 Å². The number of carbonyl (C=O) groups is 2. The predicted molar refractivity (Wildman–Crippen MR) is 102 cm³/mol. The summed E-state index contributed by atoms with van der Waals surface area (Å²) in [6, 6.07) is 10.1. The number of nitrogens with one attached hydrogen (secondary N) is 1. The minimum atomic E-state index is -1.06. The first kappa shape index (κ1) is 18.4. The largest absolute Gasteiger partial charge is 0.496 e. The molecule has 1 saturated heterocycles. The van der Waals surface area contributed by atoms with Gasteiger partial charge in [0, 0.05) is 17.0 Å². The molecule has 2 heterocycles. The SMILES string of the molecule is COc1ccc(Cl)cc1CN1C(=O)N[C@@](C)(Cc2ccc3c(c2)OCO3)C1=O. The third-order valence-electron chi connectivity index (χ3n) is 4.91. The monoisotopic (exact) mass is 402 g/mol. The summed E-state index contributed by atoms with van der Waals surface area (Å²) >= 11 is 6.06. The van der Waals surface area contributed by atoms with Gasteiger partial charge in [-0.15, -0.1) is 0 Å². The van der Waals surface area contributed by atoms with Gasteiger partial charge in [0.25, 0.3) is 5.91 Å². The number of carbonyl (C=O) groups excluding carboxylic acids is 2. The average Bonchev–Trinajstić information content (AvgIpc) is 3.20. The van der Waals surface area contributed by atoms with Crippen LogP contribution in [0.4, 0.5) is 4.79 Å². The number of fused-ring (bicyclic) bond motifs is 1. The van der Waals surface area contributed by atoms with Gasteiger partial charge < -0.3 is 19.5 Å². The summed E-state index contributed by atoms with van der Waals surface area (Å²) in [5, 5.41) is 3.32. The van der Waals surface area contributed by atoms with Crippen molar-refractivity contribution in [1.82, 2.24) is 10.2 Å². The molecule has 0 radical (unpaired) electrons. The third kappa shape index (κ3) is 3.22. The summed E-state index contributed by atoms with van der Waals surface area (Å²) in [6.45, 7) is 1.97. The molecule has 0 bridgehead atoms. The number of rotatable bonds is 5. The van der Waals surface area contributed by atoms with E-state index in [0.29, 0.717) is 34.3 Å². The maximum absolute atomic E-state index is 13.1. The van der Waals surface area contributed by atoms with E-state index in [2.05, 4.69) is 5.32 Å². The van der Waals surface area contributed by atoms with E-state index in [9.17, 15) is 9.59 Å². The van der Waals surface area contributed by atoms with Crippen LogP contribution in [0.2, 0.25) is 5.02 Å². The third-order valence-corrected chi connectivity index (χ3v) is 5.15. The first-order valence-electron chi connectivity index (χ1n) is 8.75. The van der Waals surface area contributed by atoms with Crippen molar-refractivity contribution in [3.8, 4) is 17.2 Å². The average molecular weight is 403 g/mol. The minimum absolute atomic E-state index is 0.0745. The van der Waals surface area contributed by atoms with Gasteiger partial charge in [0.1, 0.15) is 11.3 Å². The first-order valence-corrected chi connectivity index (χ1v) is 9.12. The molecular weight excluding hydrogens is 384 g/mol. The van der Waals surface area contributed by atoms with Crippen LogP contribution in [0.25, 0.3) is 0 Å². The number of imide groups is 1. The van der Waals surface area contributed by atoms with E-state index in [-0.39, 0.29) is 19.2 Å². The van der Waals surface area contributed by atoms with Crippen LogP contribution in [0, 0.1) is 0 Å². The van der Waals surface area contributed by atoms with Gasteiger partial charge in [-0.05, 0) is 42.8 Å². The van der Waals surface area contributed by atoms with Crippen molar-refractivity contribution in [2.24, 2.45) is 0 Å². The Labute approximate surface area is 167 Å². The van der Waals surface area contributed by atoms with E-state index in [0.717, 1.165) is 5.56 Å². The quantitative estimate of drug-likeness (QED) is 0.777. The van der Waals surface area contributed by atoms with Crippen molar-refractivity contribution in [3.05, 3.63) is 52.5 Å². The minimum Gasteiger partial charge on any atom is -0.496 e. The van der Waals surface area contributed by atoms with Crippen LogP contribution in [0.5, 0.6) is 17.2 Å². The van der Waals surface area contributed by atoms with Gasteiger partial charge in [0.15, 0.2) is 11.5 Å². The van der Waals surface area contributed by atoms with Crippen molar-refractivity contribution < 1.29 is 23.8 Å². The zero-order valence-corrected chi connectivity index (χ0v) is 16.2. The zero-order chi connectivity index (χ0) is 19.9. The fraction of sp³-hybridized carbons (Fsp3) is 0.300. The number of benzene rings is 2. The van der Waals surface area contributed by atoms with Crippen molar-refractivity contribution in [2.75, 3.05) is 13.9 Å². The Hall–Kier alpha value is -2.93. The van der Waals surface area contributed by atoms with Gasteiger partial charge in [0.2, 0.25) is 6.79 Å². The van der Waals surface area contributed by atoms with Crippen LogP contribution < -0.4 is 19.5 Å².